The van der Waals surface area contributed by atoms with Crippen LogP contribution >= 0.6 is 0 Å². The Morgan fingerprint density at radius 3 is 2.71 bits per heavy atom. The van der Waals surface area contributed by atoms with Gasteiger partial charge >= 0.3 is 0 Å². The molecule has 3 heteroatoms. The minimum absolute atomic E-state index is 0.176. The Morgan fingerprint density at radius 1 is 1.57 bits per heavy atom. The number of nitriles is 1. The third-order valence-corrected chi connectivity index (χ3v) is 2.28. The van der Waals surface area contributed by atoms with Gasteiger partial charge < -0.3 is 5.73 Å². The summed E-state index contributed by atoms with van der Waals surface area (Å²) in [6.07, 6.45) is 0.176. The monoisotopic (exact) mass is 192 g/mol. The molecule has 1 aromatic carbocycles. The Labute approximate surface area is 83.2 Å². The molecule has 1 aromatic rings. The highest BCUT2D eigenvalue weighted by atomic mass is 19.1. The van der Waals surface area contributed by atoms with E-state index in [2.05, 4.69) is 0 Å². The molecule has 0 aromatic heterocycles. The third-order valence-electron chi connectivity index (χ3n) is 2.28. The molecule has 74 valence electrons. The summed E-state index contributed by atoms with van der Waals surface area (Å²) in [7, 11) is 0. The van der Waals surface area contributed by atoms with Crippen LogP contribution in [0.1, 0.15) is 24.5 Å². The van der Waals surface area contributed by atoms with Crippen molar-refractivity contribution in [1.82, 2.24) is 0 Å². The zero-order valence-electron chi connectivity index (χ0n) is 8.34. The summed E-state index contributed by atoms with van der Waals surface area (Å²) in [5, 5.41) is 8.56. The molecule has 0 spiro atoms. The number of nitrogens with zero attached hydrogens (tertiary/aromatic N) is 1. The second-order valence-electron chi connectivity index (χ2n) is 3.72. The molecule has 2 N–H and O–H groups in total. The summed E-state index contributed by atoms with van der Waals surface area (Å²) in [4.78, 5) is 0. The van der Waals surface area contributed by atoms with Crippen molar-refractivity contribution in [1.29, 1.82) is 5.26 Å². The SMILES string of the molecule is Cc1ccc(C(C)(N)CC#N)cc1F. The number of hydrogen-bond acceptors (Lipinski definition) is 2. The molecule has 1 unspecified atom stereocenters. The molecular formula is C11H13FN2. The molecule has 0 aliphatic rings. The molecule has 0 aliphatic heterocycles. The van der Waals surface area contributed by atoms with Gasteiger partial charge in [-0.15, -0.1) is 0 Å². The van der Waals surface area contributed by atoms with Crippen molar-refractivity contribution in [2.75, 3.05) is 0 Å². The Balaban J connectivity index is 3.09. The molecule has 0 saturated heterocycles. The van der Waals surface area contributed by atoms with Crippen LogP contribution in [-0.2, 0) is 5.54 Å². The van der Waals surface area contributed by atoms with Crippen molar-refractivity contribution in [3.8, 4) is 6.07 Å². The lowest BCUT2D eigenvalue weighted by Gasteiger charge is -2.22. The van der Waals surface area contributed by atoms with Gasteiger partial charge in [0.15, 0.2) is 0 Å². The average molecular weight is 192 g/mol. The maximum atomic E-state index is 13.2. The summed E-state index contributed by atoms with van der Waals surface area (Å²) in [6.45, 7) is 3.41. The number of nitrogens with two attached hydrogens (primary N) is 1. The molecular weight excluding hydrogens is 179 g/mol. The fourth-order valence-corrected chi connectivity index (χ4v) is 1.21. The van der Waals surface area contributed by atoms with Crippen molar-refractivity contribution >= 4 is 0 Å². The first kappa shape index (κ1) is 10.7. The zero-order chi connectivity index (χ0) is 10.8. The van der Waals surface area contributed by atoms with Crippen LogP contribution in [0.25, 0.3) is 0 Å². The first-order chi connectivity index (χ1) is 6.47. The van der Waals surface area contributed by atoms with Crippen LogP contribution in [0.15, 0.2) is 18.2 Å². The van der Waals surface area contributed by atoms with Crippen LogP contribution in [0.2, 0.25) is 0 Å². The number of hydrogen-bond donors (Lipinski definition) is 1. The van der Waals surface area contributed by atoms with E-state index in [0.717, 1.165) is 0 Å². The van der Waals surface area contributed by atoms with E-state index in [1.807, 2.05) is 6.07 Å². The number of benzene rings is 1. The van der Waals surface area contributed by atoms with Gasteiger partial charge in [0.1, 0.15) is 5.82 Å². The van der Waals surface area contributed by atoms with Gasteiger partial charge in [0.2, 0.25) is 0 Å². The summed E-state index contributed by atoms with van der Waals surface area (Å²) in [5.74, 6) is -0.280. The predicted octanol–water partition coefficient (Wildman–Crippen LogP) is 2.22. The first-order valence-corrected chi connectivity index (χ1v) is 4.40. The highest BCUT2D eigenvalue weighted by Crippen LogP contribution is 2.22. The summed E-state index contributed by atoms with van der Waals surface area (Å²) in [5.41, 5.74) is 6.34. The van der Waals surface area contributed by atoms with Crippen molar-refractivity contribution in [2.45, 2.75) is 25.8 Å². The molecule has 0 saturated carbocycles. The standard InChI is InChI=1S/C11H13FN2/c1-8-3-4-9(7-10(8)12)11(2,14)5-6-13/h3-4,7H,5,14H2,1-2H3. The number of halogens is 1. The molecule has 0 radical (unpaired) electrons. The highest BCUT2D eigenvalue weighted by Gasteiger charge is 2.21. The number of aryl methyl sites for hydroxylation is 1. The van der Waals surface area contributed by atoms with Crippen LogP contribution in [0, 0.1) is 24.1 Å². The summed E-state index contributed by atoms with van der Waals surface area (Å²) in [6, 6.07) is 6.82. The maximum Gasteiger partial charge on any atom is 0.126 e. The average Bonchev–Trinajstić information content (AvgIpc) is 2.09. The molecule has 0 fully saturated rings. The Hall–Kier alpha value is -1.40. The fourth-order valence-electron chi connectivity index (χ4n) is 1.21. The van der Waals surface area contributed by atoms with E-state index in [9.17, 15) is 4.39 Å². The van der Waals surface area contributed by atoms with Gasteiger partial charge in [-0.25, -0.2) is 4.39 Å². The van der Waals surface area contributed by atoms with Crippen molar-refractivity contribution in [3.63, 3.8) is 0 Å². The normalized spacial score (nSPS) is 14.5. The van der Waals surface area contributed by atoms with Crippen LogP contribution in [0.4, 0.5) is 4.39 Å². The molecule has 2 nitrogen and oxygen atoms in total. The second kappa shape index (κ2) is 3.77. The minimum atomic E-state index is -0.775. The number of rotatable bonds is 2. The van der Waals surface area contributed by atoms with Gasteiger partial charge in [0.05, 0.1) is 18.0 Å². The van der Waals surface area contributed by atoms with Gasteiger partial charge in [0.25, 0.3) is 0 Å². The molecule has 0 bridgehead atoms. The van der Waals surface area contributed by atoms with Gasteiger partial charge in [0, 0.05) is 0 Å². The largest absolute Gasteiger partial charge is 0.321 e. The van der Waals surface area contributed by atoms with E-state index >= 15 is 0 Å². The molecule has 0 heterocycles. The summed E-state index contributed by atoms with van der Waals surface area (Å²) < 4.78 is 13.2. The van der Waals surface area contributed by atoms with E-state index in [1.54, 1.807) is 26.0 Å². The lowest BCUT2D eigenvalue weighted by atomic mass is 9.90. The van der Waals surface area contributed by atoms with Crippen LogP contribution in [0.3, 0.4) is 0 Å². The van der Waals surface area contributed by atoms with E-state index < -0.39 is 5.54 Å². The van der Waals surface area contributed by atoms with E-state index in [4.69, 9.17) is 11.0 Å². The van der Waals surface area contributed by atoms with Crippen molar-refractivity contribution < 1.29 is 4.39 Å². The summed E-state index contributed by atoms with van der Waals surface area (Å²) >= 11 is 0. The van der Waals surface area contributed by atoms with E-state index in [0.29, 0.717) is 11.1 Å². The second-order valence-corrected chi connectivity index (χ2v) is 3.72. The zero-order valence-corrected chi connectivity index (χ0v) is 8.34. The molecule has 1 rings (SSSR count). The van der Waals surface area contributed by atoms with Gasteiger partial charge in [-0.1, -0.05) is 12.1 Å². The first-order valence-electron chi connectivity index (χ1n) is 4.40. The minimum Gasteiger partial charge on any atom is -0.321 e. The van der Waals surface area contributed by atoms with Crippen molar-refractivity contribution in [3.05, 3.63) is 35.1 Å². The maximum absolute atomic E-state index is 13.2. The quantitative estimate of drug-likeness (QED) is 0.781. The van der Waals surface area contributed by atoms with E-state index in [-0.39, 0.29) is 12.2 Å². The van der Waals surface area contributed by atoms with Gasteiger partial charge in [-0.3, -0.25) is 0 Å². The Morgan fingerprint density at radius 2 is 2.21 bits per heavy atom. The Bertz CT molecular complexity index is 377. The topological polar surface area (TPSA) is 49.8 Å². The smallest absolute Gasteiger partial charge is 0.126 e. The van der Waals surface area contributed by atoms with Crippen LogP contribution in [0.5, 0.6) is 0 Å². The van der Waals surface area contributed by atoms with Gasteiger partial charge in [-0.2, -0.15) is 5.26 Å². The van der Waals surface area contributed by atoms with Crippen molar-refractivity contribution in [2.24, 2.45) is 5.73 Å². The van der Waals surface area contributed by atoms with Crippen LogP contribution < -0.4 is 5.73 Å². The van der Waals surface area contributed by atoms with Crippen LogP contribution in [-0.4, -0.2) is 0 Å². The highest BCUT2D eigenvalue weighted by molar-refractivity contribution is 5.29. The third kappa shape index (κ3) is 2.09. The lowest BCUT2D eigenvalue weighted by Crippen LogP contribution is -2.32. The van der Waals surface area contributed by atoms with E-state index in [1.165, 1.54) is 6.07 Å². The fraction of sp³-hybridized carbons (Fsp3) is 0.364. The lowest BCUT2D eigenvalue weighted by molar-refractivity contribution is 0.500. The predicted molar refractivity (Wildman–Crippen MR) is 52.9 cm³/mol. The Kier molecular flexibility index (Phi) is 2.87. The molecule has 1 atom stereocenters. The molecule has 0 aliphatic carbocycles. The van der Waals surface area contributed by atoms with Gasteiger partial charge in [-0.05, 0) is 31.0 Å². The molecule has 14 heavy (non-hydrogen) atoms. The molecule has 0 amide bonds.